The zero-order chi connectivity index (χ0) is 21.4. The van der Waals surface area contributed by atoms with E-state index in [-0.39, 0.29) is 11.4 Å². The van der Waals surface area contributed by atoms with Crippen molar-refractivity contribution < 1.29 is 9.13 Å². The topological polar surface area (TPSA) is 61.4 Å². The predicted octanol–water partition coefficient (Wildman–Crippen LogP) is 4.59. The lowest BCUT2D eigenvalue weighted by atomic mass is 10.2. The molecule has 0 bridgehead atoms. The van der Waals surface area contributed by atoms with Crippen LogP contribution in [0.5, 0.6) is 5.75 Å². The van der Waals surface area contributed by atoms with Crippen molar-refractivity contribution in [2.75, 3.05) is 7.11 Å². The average molecular weight is 453 g/mol. The van der Waals surface area contributed by atoms with E-state index in [9.17, 15) is 9.18 Å². The molecule has 156 valence electrons. The van der Waals surface area contributed by atoms with Gasteiger partial charge in [-0.3, -0.25) is 13.8 Å². The number of benzene rings is 2. The summed E-state index contributed by atoms with van der Waals surface area (Å²) in [6, 6.07) is 16.1. The first kappa shape index (κ1) is 19.8. The predicted molar refractivity (Wildman–Crippen MR) is 121 cm³/mol. The van der Waals surface area contributed by atoms with Crippen molar-refractivity contribution in [3.05, 3.63) is 87.3 Å². The molecule has 5 aromatic rings. The molecule has 0 aliphatic carbocycles. The van der Waals surface area contributed by atoms with E-state index in [4.69, 9.17) is 4.74 Å². The van der Waals surface area contributed by atoms with Crippen molar-refractivity contribution in [3.63, 3.8) is 0 Å². The second-order valence-corrected chi connectivity index (χ2v) is 8.73. The highest BCUT2D eigenvalue weighted by molar-refractivity contribution is 7.98. The summed E-state index contributed by atoms with van der Waals surface area (Å²) in [5.41, 5.74) is 2.20. The van der Waals surface area contributed by atoms with Crippen molar-refractivity contribution in [3.8, 4) is 5.75 Å². The number of methoxy groups -OCH3 is 1. The monoisotopic (exact) mass is 452 g/mol. The minimum Gasteiger partial charge on any atom is -0.497 e. The zero-order valence-electron chi connectivity index (χ0n) is 16.5. The highest BCUT2D eigenvalue weighted by Gasteiger charge is 2.18. The van der Waals surface area contributed by atoms with Gasteiger partial charge in [0.25, 0.3) is 5.56 Å². The highest BCUT2D eigenvalue weighted by Crippen LogP contribution is 2.27. The Kier molecular flexibility index (Phi) is 5.21. The van der Waals surface area contributed by atoms with Crippen LogP contribution in [0.1, 0.15) is 11.1 Å². The standard InChI is InChI=1S/C22H17FN4O2S2/c1-29-16-8-6-14(7-9-16)12-26-20(28)19-18(10-11-30-19)27-21(26)24-25-22(27)31-13-15-4-2-3-5-17(15)23/h2-11H,12-13H2,1H3. The molecule has 0 N–H and O–H groups in total. The number of aromatic nitrogens is 4. The van der Waals surface area contributed by atoms with Crippen molar-refractivity contribution >= 4 is 39.1 Å². The van der Waals surface area contributed by atoms with Gasteiger partial charge in [-0.2, -0.15) is 0 Å². The fourth-order valence-corrected chi connectivity index (χ4v) is 5.16. The molecule has 3 aromatic heterocycles. The van der Waals surface area contributed by atoms with Gasteiger partial charge in [-0.05, 0) is 40.8 Å². The molecule has 31 heavy (non-hydrogen) atoms. The number of hydrogen-bond donors (Lipinski definition) is 0. The molecular weight excluding hydrogens is 435 g/mol. The zero-order valence-corrected chi connectivity index (χ0v) is 18.1. The first-order valence-electron chi connectivity index (χ1n) is 9.50. The number of halogens is 1. The van der Waals surface area contributed by atoms with Gasteiger partial charge in [-0.1, -0.05) is 42.1 Å². The Balaban J connectivity index is 1.58. The Morgan fingerprint density at radius 3 is 2.68 bits per heavy atom. The minimum absolute atomic E-state index is 0.105. The molecule has 2 aromatic carbocycles. The molecule has 0 fully saturated rings. The summed E-state index contributed by atoms with van der Waals surface area (Å²) in [6.45, 7) is 0.357. The third kappa shape index (κ3) is 3.60. The molecular formula is C22H17FN4O2S2. The van der Waals surface area contributed by atoms with Crippen LogP contribution in [0.3, 0.4) is 0 Å². The lowest BCUT2D eigenvalue weighted by Crippen LogP contribution is -2.23. The molecule has 6 nitrogen and oxygen atoms in total. The number of hydrogen-bond acceptors (Lipinski definition) is 6. The van der Waals surface area contributed by atoms with E-state index in [1.165, 1.54) is 29.2 Å². The Morgan fingerprint density at radius 2 is 1.90 bits per heavy atom. The Hall–Kier alpha value is -3.17. The summed E-state index contributed by atoms with van der Waals surface area (Å²) in [6.07, 6.45) is 0. The van der Waals surface area contributed by atoms with Gasteiger partial charge in [-0.25, -0.2) is 4.39 Å². The van der Waals surface area contributed by atoms with Crippen LogP contribution in [0.4, 0.5) is 4.39 Å². The van der Waals surface area contributed by atoms with Crippen LogP contribution in [0.2, 0.25) is 0 Å². The molecule has 0 amide bonds. The number of thioether (sulfide) groups is 1. The van der Waals surface area contributed by atoms with E-state index in [1.54, 1.807) is 23.8 Å². The van der Waals surface area contributed by atoms with Crippen LogP contribution in [0, 0.1) is 5.82 Å². The van der Waals surface area contributed by atoms with E-state index in [0.717, 1.165) is 16.8 Å². The molecule has 0 radical (unpaired) electrons. The Labute approximate surface area is 184 Å². The third-order valence-electron chi connectivity index (χ3n) is 5.00. The highest BCUT2D eigenvalue weighted by atomic mass is 32.2. The lowest BCUT2D eigenvalue weighted by molar-refractivity contribution is 0.414. The molecule has 0 spiro atoms. The Morgan fingerprint density at radius 1 is 1.10 bits per heavy atom. The van der Waals surface area contributed by atoms with E-state index in [2.05, 4.69) is 10.2 Å². The maximum Gasteiger partial charge on any atom is 0.273 e. The van der Waals surface area contributed by atoms with Crippen molar-refractivity contribution in [1.82, 2.24) is 19.2 Å². The van der Waals surface area contributed by atoms with Crippen LogP contribution in [-0.4, -0.2) is 26.3 Å². The maximum absolute atomic E-state index is 14.0. The van der Waals surface area contributed by atoms with Gasteiger partial charge in [0.15, 0.2) is 5.16 Å². The maximum atomic E-state index is 14.0. The molecule has 0 saturated carbocycles. The summed E-state index contributed by atoms with van der Waals surface area (Å²) in [4.78, 5) is 13.2. The molecule has 0 unspecified atom stereocenters. The van der Waals surface area contributed by atoms with Crippen molar-refractivity contribution in [2.45, 2.75) is 17.5 Å². The van der Waals surface area contributed by atoms with Crippen molar-refractivity contribution in [2.24, 2.45) is 0 Å². The number of nitrogens with zero attached hydrogens (tertiary/aromatic N) is 4. The Bertz CT molecular complexity index is 1440. The molecule has 3 heterocycles. The molecule has 5 rings (SSSR count). The van der Waals surface area contributed by atoms with Gasteiger partial charge in [0, 0.05) is 5.75 Å². The number of ether oxygens (including phenoxy) is 1. The van der Waals surface area contributed by atoms with Gasteiger partial charge in [0.1, 0.15) is 16.3 Å². The average Bonchev–Trinajstić information content (AvgIpc) is 3.44. The first-order valence-corrected chi connectivity index (χ1v) is 11.4. The van der Waals surface area contributed by atoms with Gasteiger partial charge in [-0.15, -0.1) is 21.5 Å². The van der Waals surface area contributed by atoms with Crippen LogP contribution in [0.25, 0.3) is 16.0 Å². The third-order valence-corrected chi connectivity index (χ3v) is 6.87. The fourth-order valence-electron chi connectivity index (χ4n) is 3.41. The summed E-state index contributed by atoms with van der Waals surface area (Å²) in [7, 11) is 1.62. The molecule has 9 heteroatoms. The summed E-state index contributed by atoms with van der Waals surface area (Å²) in [5, 5.41) is 11.1. The van der Waals surface area contributed by atoms with E-state index in [1.807, 2.05) is 46.2 Å². The van der Waals surface area contributed by atoms with E-state index >= 15 is 0 Å². The lowest BCUT2D eigenvalue weighted by Gasteiger charge is -2.10. The summed E-state index contributed by atoms with van der Waals surface area (Å²) in [5.74, 6) is 1.38. The molecule has 0 aliphatic rings. The van der Waals surface area contributed by atoms with Crippen LogP contribution >= 0.6 is 23.1 Å². The smallest absolute Gasteiger partial charge is 0.273 e. The van der Waals surface area contributed by atoms with Crippen LogP contribution < -0.4 is 10.3 Å². The van der Waals surface area contributed by atoms with Gasteiger partial charge < -0.3 is 4.74 Å². The second kappa shape index (κ2) is 8.16. The van der Waals surface area contributed by atoms with Crippen molar-refractivity contribution in [1.29, 1.82) is 0 Å². The molecule has 0 atom stereocenters. The number of rotatable bonds is 6. The summed E-state index contributed by atoms with van der Waals surface area (Å²) < 4.78 is 23.4. The normalized spacial score (nSPS) is 11.4. The van der Waals surface area contributed by atoms with Crippen LogP contribution in [0.15, 0.2) is 69.9 Å². The SMILES string of the molecule is COc1ccc(Cn2c(=O)c3sccc3n3c(SCc4ccccc4F)nnc23)cc1. The second-order valence-electron chi connectivity index (χ2n) is 6.87. The van der Waals surface area contributed by atoms with E-state index in [0.29, 0.717) is 33.5 Å². The molecule has 0 saturated heterocycles. The number of thiophene rings is 1. The fraction of sp³-hybridized carbons (Fsp3) is 0.136. The minimum atomic E-state index is -0.249. The van der Waals surface area contributed by atoms with Gasteiger partial charge in [0.05, 0.1) is 19.2 Å². The first-order chi connectivity index (χ1) is 15.2. The van der Waals surface area contributed by atoms with Gasteiger partial charge >= 0.3 is 0 Å². The van der Waals surface area contributed by atoms with Gasteiger partial charge in [0.2, 0.25) is 5.78 Å². The van der Waals surface area contributed by atoms with E-state index < -0.39 is 0 Å². The summed E-state index contributed by atoms with van der Waals surface area (Å²) >= 11 is 2.78. The van der Waals surface area contributed by atoms with Crippen LogP contribution in [-0.2, 0) is 12.3 Å². The quantitative estimate of drug-likeness (QED) is 0.353. The number of fused-ring (bicyclic) bond motifs is 3. The largest absolute Gasteiger partial charge is 0.497 e. The molecule has 0 aliphatic heterocycles.